The van der Waals surface area contributed by atoms with Crippen LogP contribution in [0.25, 0.3) is 6.08 Å². The summed E-state index contributed by atoms with van der Waals surface area (Å²) in [5.41, 5.74) is 6.21. The summed E-state index contributed by atoms with van der Waals surface area (Å²) in [6.45, 7) is 10.8. The summed E-state index contributed by atoms with van der Waals surface area (Å²) < 4.78 is 0. The Morgan fingerprint density at radius 3 is 2.58 bits per heavy atom. The molecule has 0 aromatic heterocycles. The van der Waals surface area contributed by atoms with Crippen molar-refractivity contribution in [3.63, 3.8) is 0 Å². The number of fused-ring (bicyclic) bond motifs is 1. The summed E-state index contributed by atoms with van der Waals surface area (Å²) in [5.74, 6) is -0.480. The van der Waals surface area contributed by atoms with Crippen LogP contribution in [-0.4, -0.2) is 29.5 Å². The maximum absolute atomic E-state index is 13.5. The Bertz CT molecular complexity index is 1200. The average Bonchev–Trinajstić information content (AvgIpc) is 2.75. The van der Waals surface area contributed by atoms with E-state index in [4.69, 9.17) is 12.2 Å². The fraction of sp³-hybridized carbons (Fsp3) is 0.370. The molecule has 2 heterocycles. The van der Waals surface area contributed by atoms with Crippen LogP contribution in [-0.2, 0) is 16.0 Å². The van der Waals surface area contributed by atoms with Gasteiger partial charge in [0, 0.05) is 18.3 Å². The van der Waals surface area contributed by atoms with Crippen LogP contribution in [0.2, 0.25) is 0 Å². The zero-order valence-electron chi connectivity index (χ0n) is 20.2. The highest BCUT2D eigenvalue weighted by Gasteiger charge is 2.37. The Morgan fingerprint density at radius 2 is 1.88 bits per heavy atom. The van der Waals surface area contributed by atoms with Crippen LogP contribution >= 0.6 is 12.2 Å². The molecule has 2 amide bonds. The molecule has 2 aromatic rings. The number of thiocarbonyl (C=S) groups is 1. The molecular weight excluding hydrogens is 430 g/mol. The highest BCUT2D eigenvalue weighted by atomic mass is 32.1. The predicted molar refractivity (Wildman–Crippen MR) is 139 cm³/mol. The minimum atomic E-state index is -0.460. The summed E-state index contributed by atoms with van der Waals surface area (Å²) in [6.07, 6.45) is 3.50. The molecule has 2 aromatic carbocycles. The summed E-state index contributed by atoms with van der Waals surface area (Å²) in [6, 6.07) is 11.9. The Balaban J connectivity index is 1.79. The van der Waals surface area contributed by atoms with Crippen molar-refractivity contribution >= 4 is 46.6 Å². The maximum atomic E-state index is 13.5. The van der Waals surface area contributed by atoms with Crippen molar-refractivity contribution in [2.45, 2.75) is 58.9 Å². The molecular formula is C27H31N3O2S. The molecule has 5 nitrogen and oxygen atoms in total. The van der Waals surface area contributed by atoms with E-state index in [1.807, 2.05) is 38.1 Å². The molecule has 0 unspecified atom stereocenters. The van der Waals surface area contributed by atoms with Crippen LogP contribution in [0.15, 0.2) is 42.0 Å². The van der Waals surface area contributed by atoms with E-state index in [0.717, 1.165) is 29.5 Å². The van der Waals surface area contributed by atoms with Crippen molar-refractivity contribution in [2.75, 3.05) is 16.8 Å². The lowest BCUT2D eigenvalue weighted by Gasteiger charge is -2.45. The fourth-order valence-corrected chi connectivity index (χ4v) is 5.22. The van der Waals surface area contributed by atoms with Gasteiger partial charge in [0.25, 0.3) is 11.8 Å². The Hall–Kier alpha value is -2.99. The quantitative estimate of drug-likeness (QED) is 0.392. The van der Waals surface area contributed by atoms with Crippen molar-refractivity contribution in [1.29, 1.82) is 0 Å². The molecule has 2 aliphatic heterocycles. The van der Waals surface area contributed by atoms with Crippen molar-refractivity contribution in [2.24, 2.45) is 0 Å². The van der Waals surface area contributed by atoms with E-state index in [1.54, 1.807) is 6.08 Å². The van der Waals surface area contributed by atoms with Gasteiger partial charge in [-0.1, -0.05) is 32.0 Å². The summed E-state index contributed by atoms with van der Waals surface area (Å²) in [7, 11) is 2.13. The van der Waals surface area contributed by atoms with Crippen molar-refractivity contribution < 1.29 is 9.59 Å². The summed E-state index contributed by atoms with van der Waals surface area (Å²) in [4.78, 5) is 30.1. The lowest BCUT2D eigenvalue weighted by molar-refractivity contribution is -0.122. The number of hydrogen-bond donors (Lipinski definition) is 1. The van der Waals surface area contributed by atoms with Gasteiger partial charge in [0.2, 0.25) is 0 Å². The molecule has 0 spiro atoms. The Morgan fingerprint density at radius 1 is 1.18 bits per heavy atom. The zero-order valence-corrected chi connectivity index (χ0v) is 21.0. The normalized spacial score (nSPS) is 21.3. The van der Waals surface area contributed by atoms with Crippen molar-refractivity contribution in [3.8, 4) is 0 Å². The van der Waals surface area contributed by atoms with E-state index in [0.29, 0.717) is 11.6 Å². The Labute approximate surface area is 201 Å². The SMILES string of the molecule is CCc1ccccc1N1C(=O)/C(=C/c2cc3c(cc2C)N(C)C(C)(C)C[C@@H]3C)C(=O)NC1=S. The largest absolute Gasteiger partial charge is 0.369 e. The van der Waals surface area contributed by atoms with Crippen LogP contribution in [0.5, 0.6) is 0 Å². The van der Waals surface area contributed by atoms with Gasteiger partial charge in [-0.25, -0.2) is 0 Å². The van der Waals surface area contributed by atoms with Gasteiger partial charge in [-0.3, -0.25) is 19.8 Å². The first-order chi connectivity index (χ1) is 15.5. The monoisotopic (exact) mass is 461 g/mol. The van der Waals surface area contributed by atoms with Gasteiger partial charge in [-0.15, -0.1) is 0 Å². The fourth-order valence-electron chi connectivity index (χ4n) is 4.95. The van der Waals surface area contributed by atoms with Gasteiger partial charge in [-0.05, 0) is 98.3 Å². The van der Waals surface area contributed by atoms with Crippen LogP contribution in [0.1, 0.15) is 62.3 Å². The molecule has 33 heavy (non-hydrogen) atoms. The maximum Gasteiger partial charge on any atom is 0.270 e. The van der Waals surface area contributed by atoms with Gasteiger partial charge in [0.05, 0.1) is 5.69 Å². The molecule has 172 valence electrons. The number of benzene rings is 2. The third-order valence-electron chi connectivity index (χ3n) is 7.04. The topological polar surface area (TPSA) is 52.7 Å². The molecule has 0 aliphatic carbocycles. The standard InChI is InChI=1S/C27H31N3O2S/c1-7-18-10-8-9-11-22(18)30-25(32)21(24(31)28-26(30)33)14-19-13-20-17(3)15-27(4,5)29(6)23(20)12-16(19)2/h8-14,17H,7,15H2,1-6H3,(H,28,31,33)/b21-14+/t17-/m0/s1. The number of anilines is 2. The van der Waals surface area contributed by atoms with Crippen molar-refractivity contribution in [1.82, 2.24) is 5.32 Å². The lowest BCUT2D eigenvalue weighted by atomic mass is 9.79. The van der Waals surface area contributed by atoms with Gasteiger partial charge >= 0.3 is 0 Å². The van der Waals surface area contributed by atoms with E-state index in [2.05, 4.69) is 50.2 Å². The van der Waals surface area contributed by atoms with E-state index in [9.17, 15) is 9.59 Å². The number of carbonyl (C=O) groups excluding carboxylic acids is 2. The van der Waals surface area contributed by atoms with Crippen LogP contribution < -0.4 is 15.1 Å². The van der Waals surface area contributed by atoms with E-state index in [-0.39, 0.29) is 16.2 Å². The van der Waals surface area contributed by atoms with E-state index < -0.39 is 11.8 Å². The van der Waals surface area contributed by atoms with Crippen LogP contribution in [0.4, 0.5) is 11.4 Å². The second-order valence-electron chi connectivity index (χ2n) is 9.68. The highest BCUT2D eigenvalue weighted by molar-refractivity contribution is 7.80. The molecule has 1 N–H and O–H groups in total. The minimum absolute atomic E-state index is 0.0704. The first kappa shape index (κ1) is 23.2. The molecule has 1 saturated heterocycles. The van der Waals surface area contributed by atoms with Gasteiger partial charge in [-0.2, -0.15) is 0 Å². The second kappa shape index (κ2) is 8.41. The number of aryl methyl sites for hydroxylation is 2. The molecule has 2 aliphatic rings. The first-order valence-electron chi connectivity index (χ1n) is 11.4. The molecule has 1 atom stereocenters. The molecule has 4 rings (SSSR count). The summed E-state index contributed by atoms with van der Waals surface area (Å²) in [5, 5.41) is 2.82. The number of para-hydroxylation sites is 1. The van der Waals surface area contributed by atoms with Gasteiger partial charge in [0.1, 0.15) is 5.57 Å². The van der Waals surface area contributed by atoms with Gasteiger partial charge < -0.3 is 4.90 Å². The zero-order chi connectivity index (χ0) is 24.1. The highest BCUT2D eigenvalue weighted by Crippen LogP contribution is 2.43. The molecule has 0 bridgehead atoms. The number of amides is 2. The van der Waals surface area contributed by atoms with Crippen LogP contribution in [0.3, 0.4) is 0 Å². The molecule has 6 heteroatoms. The average molecular weight is 462 g/mol. The minimum Gasteiger partial charge on any atom is -0.369 e. The molecule has 0 radical (unpaired) electrons. The third-order valence-corrected chi connectivity index (χ3v) is 7.32. The van der Waals surface area contributed by atoms with Crippen LogP contribution in [0, 0.1) is 6.92 Å². The lowest BCUT2D eigenvalue weighted by Crippen LogP contribution is -2.54. The first-order valence-corrected chi connectivity index (χ1v) is 11.8. The molecule has 1 fully saturated rings. The summed E-state index contributed by atoms with van der Waals surface area (Å²) >= 11 is 5.38. The number of nitrogens with zero attached hydrogens (tertiary/aromatic N) is 2. The van der Waals surface area contributed by atoms with E-state index in [1.165, 1.54) is 16.2 Å². The smallest absolute Gasteiger partial charge is 0.270 e. The predicted octanol–water partition coefficient (Wildman–Crippen LogP) is 5.11. The number of hydrogen-bond acceptors (Lipinski definition) is 4. The number of rotatable bonds is 3. The third kappa shape index (κ3) is 3.97. The van der Waals surface area contributed by atoms with Crippen molar-refractivity contribution in [3.05, 3.63) is 64.2 Å². The molecule has 0 saturated carbocycles. The number of nitrogens with one attached hydrogen (secondary N) is 1. The Kier molecular flexibility index (Phi) is 5.91. The number of carbonyl (C=O) groups is 2. The van der Waals surface area contributed by atoms with Gasteiger partial charge in [0.15, 0.2) is 5.11 Å². The van der Waals surface area contributed by atoms with E-state index >= 15 is 0 Å². The second-order valence-corrected chi connectivity index (χ2v) is 10.1.